The molecular formula is C21H19N3O5. The predicted octanol–water partition coefficient (Wildman–Crippen LogP) is 2.77. The van der Waals surface area contributed by atoms with Gasteiger partial charge in [0, 0.05) is 18.7 Å². The van der Waals surface area contributed by atoms with E-state index in [1.54, 1.807) is 36.3 Å². The smallest absolute Gasteiger partial charge is 0.337 e. The Hall–Kier alpha value is -3.68. The second-order valence-corrected chi connectivity index (χ2v) is 6.63. The number of likely N-dealkylation sites (tertiary alicyclic amines) is 1. The fraction of sp³-hybridized carbons (Fsp3) is 0.238. The molecule has 1 aliphatic rings. The lowest BCUT2D eigenvalue weighted by molar-refractivity contribution is 0.0564. The second-order valence-electron chi connectivity index (χ2n) is 6.63. The first-order valence-electron chi connectivity index (χ1n) is 9.05. The minimum Gasteiger partial charge on any atom is -0.496 e. The largest absolute Gasteiger partial charge is 0.496 e. The van der Waals surface area contributed by atoms with Gasteiger partial charge in [-0.1, -0.05) is 17.3 Å². The summed E-state index contributed by atoms with van der Waals surface area (Å²) in [6.07, 6.45) is 0. The SMILES string of the molecule is COC(=O)c1ccc(C(=O)N2CC(c3nc(-c4ccccc4OC)no3)C2)cc1. The average Bonchev–Trinajstić information content (AvgIpc) is 3.21. The summed E-state index contributed by atoms with van der Waals surface area (Å²) >= 11 is 0. The van der Waals surface area contributed by atoms with E-state index in [0.717, 1.165) is 5.56 Å². The molecule has 0 radical (unpaired) electrons. The van der Waals surface area contributed by atoms with Crippen molar-refractivity contribution in [1.29, 1.82) is 0 Å². The van der Waals surface area contributed by atoms with Crippen molar-refractivity contribution in [3.63, 3.8) is 0 Å². The van der Waals surface area contributed by atoms with Gasteiger partial charge in [-0.3, -0.25) is 4.79 Å². The number of amides is 1. The molecule has 0 aliphatic carbocycles. The molecule has 3 aromatic rings. The van der Waals surface area contributed by atoms with E-state index >= 15 is 0 Å². The number of benzene rings is 2. The Balaban J connectivity index is 1.41. The van der Waals surface area contributed by atoms with E-state index in [0.29, 0.717) is 41.7 Å². The van der Waals surface area contributed by atoms with Gasteiger partial charge in [0.2, 0.25) is 11.7 Å². The molecular weight excluding hydrogens is 374 g/mol. The highest BCUT2D eigenvalue weighted by molar-refractivity contribution is 5.96. The molecule has 1 saturated heterocycles. The molecule has 2 aromatic carbocycles. The minimum absolute atomic E-state index is 0.00995. The van der Waals surface area contributed by atoms with Gasteiger partial charge in [-0.05, 0) is 36.4 Å². The molecule has 8 nitrogen and oxygen atoms in total. The van der Waals surface area contributed by atoms with Crippen molar-refractivity contribution < 1.29 is 23.6 Å². The molecule has 1 amide bonds. The fourth-order valence-electron chi connectivity index (χ4n) is 3.19. The monoisotopic (exact) mass is 393 g/mol. The highest BCUT2D eigenvalue weighted by atomic mass is 16.5. The zero-order valence-corrected chi connectivity index (χ0v) is 16.0. The molecule has 4 rings (SSSR count). The first-order chi connectivity index (χ1) is 14.1. The van der Waals surface area contributed by atoms with Crippen molar-refractivity contribution in [3.8, 4) is 17.1 Å². The van der Waals surface area contributed by atoms with Crippen LogP contribution in [-0.2, 0) is 4.74 Å². The number of carbonyl (C=O) groups excluding carboxylic acids is 2. The van der Waals surface area contributed by atoms with Crippen LogP contribution in [0.3, 0.4) is 0 Å². The van der Waals surface area contributed by atoms with Crippen LogP contribution in [0.4, 0.5) is 0 Å². The van der Waals surface area contributed by atoms with Crippen LogP contribution < -0.4 is 4.74 Å². The van der Waals surface area contributed by atoms with Crippen molar-refractivity contribution in [2.45, 2.75) is 5.92 Å². The third kappa shape index (κ3) is 3.56. The van der Waals surface area contributed by atoms with E-state index in [-0.39, 0.29) is 11.8 Å². The zero-order chi connectivity index (χ0) is 20.4. The Labute approximate surface area is 167 Å². The number of para-hydroxylation sites is 1. The third-order valence-electron chi connectivity index (χ3n) is 4.86. The Bertz CT molecular complexity index is 1040. The molecule has 2 heterocycles. The summed E-state index contributed by atoms with van der Waals surface area (Å²) in [5, 5.41) is 4.05. The minimum atomic E-state index is -0.435. The van der Waals surface area contributed by atoms with E-state index in [1.165, 1.54) is 7.11 Å². The number of carbonyl (C=O) groups is 2. The standard InChI is InChI=1S/C21H19N3O5/c1-27-17-6-4-3-5-16(17)18-22-19(29-23-18)15-11-24(12-15)20(25)13-7-9-14(10-8-13)21(26)28-2/h3-10,15H,11-12H2,1-2H3. The highest BCUT2D eigenvalue weighted by Gasteiger charge is 2.36. The lowest BCUT2D eigenvalue weighted by atomic mass is 9.98. The fourth-order valence-corrected chi connectivity index (χ4v) is 3.19. The molecule has 0 atom stereocenters. The van der Waals surface area contributed by atoms with Gasteiger partial charge >= 0.3 is 5.97 Å². The number of esters is 1. The predicted molar refractivity (Wildman–Crippen MR) is 103 cm³/mol. The van der Waals surface area contributed by atoms with Crippen LogP contribution in [0.2, 0.25) is 0 Å². The summed E-state index contributed by atoms with van der Waals surface area (Å²) in [5.74, 6) is 1.07. The Morgan fingerprint density at radius 2 is 1.72 bits per heavy atom. The molecule has 1 aliphatic heterocycles. The van der Waals surface area contributed by atoms with Crippen molar-refractivity contribution in [1.82, 2.24) is 15.0 Å². The summed E-state index contributed by atoms with van der Waals surface area (Å²) in [6.45, 7) is 0.982. The zero-order valence-electron chi connectivity index (χ0n) is 16.0. The maximum absolute atomic E-state index is 12.6. The summed E-state index contributed by atoms with van der Waals surface area (Å²) < 4.78 is 15.4. The Morgan fingerprint density at radius 1 is 1.03 bits per heavy atom. The third-order valence-corrected chi connectivity index (χ3v) is 4.86. The average molecular weight is 393 g/mol. The molecule has 29 heavy (non-hydrogen) atoms. The quantitative estimate of drug-likeness (QED) is 0.615. The van der Waals surface area contributed by atoms with Crippen LogP contribution >= 0.6 is 0 Å². The van der Waals surface area contributed by atoms with Crippen molar-refractivity contribution in [2.75, 3.05) is 27.3 Å². The molecule has 8 heteroatoms. The first-order valence-corrected chi connectivity index (χ1v) is 9.05. The lowest BCUT2D eigenvalue weighted by Crippen LogP contribution is -2.48. The molecule has 0 N–H and O–H groups in total. The summed E-state index contributed by atoms with van der Waals surface area (Å²) in [4.78, 5) is 30.3. The Morgan fingerprint density at radius 3 is 2.41 bits per heavy atom. The van der Waals surface area contributed by atoms with Crippen LogP contribution in [0.1, 0.15) is 32.5 Å². The van der Waals surface area contributed by atoms with Crippen molar-refractivity contribution in [3.05, 3.63) is 65.5 Å². The molecule has 1 fully saturated rings. The molecule has 1 aromatic heterocycles. The van der Waals surface area contributed by atoms with E-state index in [9.17, 15) is 9.59 Å². The normalized spacial score (nSPS) is 13.7. The van der Waals surface area contributed by atoms with Gasteiger partial charge in [0.15, 0.2) is 0 Å². The number of aromatic nitrogens is 2. The van der Waals surface area contributed by atoms with Crippen LogP contribution in [0.5, 0.6) is 5.75 Å². The number of rotatable bonds is 5. The topological polar surface area (TPSA) is 94.8 Å². The Kier molecular flexibility index (Phi) is 4.99. The number of hydrogen-bond donors (Lipinski definition) is 0. The van der Waals surface area contributed by atoms with E-state index in [2.05, 4.69) is 14.9 Å². The van der Waals surface area contributed by atoms with Gasteiger partial charge < -0.3 is 18.9 Å². The van der Waals surface area contributed by atoms with Gasteiger partial charge in [0.25, 0.3) is 5.91 Å². The summed E-state index contributed by atoms with van der Waals surface area (Å²) in [6, 6.07) is 13.8. The van der Waals surface area contributed by atoms with Crippen molar-refractivity contribution in [2.24, 2.45) is 0 Å². The molecule has 0 bridgehead atoms. The number of hydrogen-bond acceptors (Lipinski definition) is 7. The maximum atomic E-state index is 12.6. The van der Waals surface area contributed by atoms with Gasteiger partial charge in [-0.25, -0.2) is 4.79 Å². The maximum Gasteiger partial charge on any atom is 0.337 e. The summed E-state index contributed by atoms with van der Waals surface area (Å²) in [7, 11) is 2.91. The second kappa shape index (κ2) is 7.75. The molecule has 0 spiro atoms. The van der Waals surface area contributed by atoms with Gasteiger partial charge in [-0.15, -0.1) is 0 Å². The molecule has 0 unspecified atom stereocenters. The number of nitrogens with zero attached hydrogens (tertiary/aromatic N) is 3. The van der Waals surface area contributed by atoms with Crippen LogP contribution in [0, 0.1) is 0 Å². The van der Waals surface area contributed by atoms with E-state index < -0.39 is 5.97 Å². The van der Waals surface area contributed by atoms with E-state index in [1.807, 2.05) is 24.3 Å². The first kappa shape index (κ1) is 18.7. The molecule has 148 valence electrons. The van der Waals surface area contributed by atoms with Crippen molar-refractivity contribution >= 4 is 11.9 Å². The van der Waals surface area contributed by atoms with Crippen LogP contribution in [-0.4, -0.2) is 54.2 Å². The number of methoxy groups -OCH3 is 2. The van der Waals surface area contributed by atoms with Crippen LogP contribution in [0.15, 0.2) is 53.1 Å². The lowest BCUT2D eigenvalue weighted by Gasteiger charge is -2.37. The highest BCUT2D eigenvalue weighted by Crippen LogP contribution is 2.31. The van der Waals surface area contributed by atoms with Gasteiger partial charge in [-0.2, -0.15) is 4.98 Å². The van der Waals surface area contributed by atoms with E-state index in [4.69, 9.17) is 9.26 Å². The van der Waals surface area contributed by atoms with Crippen LogP contribution in [0.25, 0.3) is 11.4 Å². The summed E-state index contributed by atoms with van der Waals surface area (Å²) in [5.41, 5.74) is 1.67. The van der Waals surface area contributed by atoms with Gasteiger partial charge in [0.05, 0.1) is 31.3 Å². The van der Waals surface area contributed by atoms with Gasteiger partial charge in [0.1, 0.15) is 5.75 Å². The number of ether oxygens (including phenoxy) is 2. The molecule has 0 saturated carbocycles.